The summed E-state index contributed by atoms with van der Waals surface area (Å²) in [7, 11) is 0. The van der Waals surface area contributed by atoms with Crippen molar-refractivity contribution >= 4 is 33.3 Å². The molecule has 0 atom stereocenters. The van der Waals surface area contributed by atoms with Crippen molar-refractivity contribution < 1.29 is 23.8 Å². The number of hydrogen-bond donors (Lipinski definition) is 0. The molecule has 3 aromatic carbocycles. The molecular formula is C28H27NO6S. The Morgan fingerprint density at radius 1 is 0.917 bits per heavy atom. The standard InChI is InChI=1S/C28H27NO6S/c1-4-33-26(31)28(2,3)35-22-12-8-11-21(18-22)34-16-15-29-23-14-13-20(17-24(23)36-27(29)32)25(30)19-9-6-5-7-10-19/h5-14,17-18H,4,15-16H2,1-3H3. The third kappa shape index (κ3) is 5.66. The van der Waals surface area contributed by atoms with Gasteiger partial charge < -0.3 is 14.2 Å². The van der Waals surface area contributed by atoms with E-state index in [1.54, 1.807) is 79.9 Å². The van der Waals surface area contributed by atoms with Gasteiger partial charge in [-0.3, -0.25) is 14.2 Å². The second-order valence-corrected chi connectivity index (χ2v) is 9.55. The molecular weight excluding hydrogens is 478 g/mol. The number of aromatic nitrogens is 1. The molecule has 0 saturated carbocycles. The summed E-state index contributed by atoms with van der Waals surface area (Å²) in [5.74, 6) is 0.491. The van der Waals surface area contributed by atoms with Gasteiger partial charge in [-0.15, -0.1) is 0 Å². The van der Waals surface area contributed by atoms with Gasteiger partial charge in [-0.25, -0.2) is 4.79 Å². The summed E-state index contributed by atoms with van der Waals surface area (Å²) < 4.78 is 19.1. The van der Waals surface area contributed by atoms with Crippen molar-refractivity contribution in [3.8, 4) is 11.5 Å². The summed E-state index contributed by atoms with van der Waals surface area (Å²) in [6.45, 7) is 5.89. The molecule has 36 heavy (non-hydrogen) atoms. The average molecular weight is 506 g/mol. The summed E-state index contributed by atoms with van der Waals surface area (Å²) >= 11 is 1.10. The molecule has 1 aromatic heterocycles. The summed E-state index contributed by atoms with van der Waals surface area (Å²) in [5, 5.41) is 0. The lowest BCUT2D eigenvalue weighted by Crippen LogP contribution is -2.39. The second-order valence-electron chi connectivity index (χ2n) is 8.55. The first-order chi connectivity index (χ1) is 17.3. The van der Waals surface area contributed by atoms with E-state index in [4.69, 9.17) is 14.2 Å². The van der Waals surface area contributed by atoms with Crippen molar-refractivity contribution in [1.29, 1.82) is 0 Å². The smallest absolute Gasteiger partial charge is 0.349 e. The zero-order valence-corrected chi connectivity index (χ0v) is 21.2. The fourth-order valence-electron chi connectivity index (χ4n) is 3.70. The van der Waals surface area contributed by atoms with Crippen LogP contribution in [0.2, 0.25) is 0 Å². The number of nitrogens with zero attached hydrogens (tertiary/aromatic N) is 1. The van der Waals surface area contributed by atoms with Gasteiger partial charge in [-0.2, -0.15) is 0 Å². The van der Waals surface area contributed by atoms with E-state index in [0.29, 0.717) is 29.2 Å². The quantitative estimate of drug-likeness (QED) is 0.220. The molecule has 7 nitrogen and oxygen atoms in total. The van der Waals surface area contributed by atoms with Crippen LogP contribution in [0, 0.1) is 0 Å². The number of rotatable bonds is 10. The molecule has 0 aliphatic heterocycles. The van der Waals surface area contributed by atoms with Crippen molar-refractivity contribution in [3.63, 3.8) is 0 Å². The zero-order chi connectivity index (χ0) is 25.7. The fraction of sp³-hybridized carbons (Fsp3) is 0.250. The molecule has 0 aliphatic carbocycles. The Balaban J connectivity index is 1.43. The van der Waals surface area contributed by atoms with Crippen LogP contribution in [-0.4, -0.2) is 35.1 Å². The van der Waals surface area contributed by atoms with E-state index >= 15 is 0 Å². The first kappa shape index (κ1) is 25.2. The Bertz CT molecular complexity index is 1440. The van der Waals surface area contributed by atoms with Gasteiger partial charge in [-0.1, -0.05) is 47.7 Å². The van der Waals surface area contributed by atoms with E-state index in [0.717, 1.165) is 21.6 Å². The Morgan fingerprint density at radius 3 is 2.42 bits per heavy atom. The molecule has 1 heterocycles. The zero-order valence-electron chi connectivity index (χ0n) is 20.4. The molecule has 4 rings (SSSR count). The fourth-order valence-corrected chi connectivity index (χ4v) is 4.66. The van der Waals surface area contributed by atoms with Gasteiger partial charge in [0.25, 0.3) is 0 Å². The first-order valence-electron chi connectivity index (χ1n) is 11.6. The van der Waals surface area contributed by atoms with Crippen LogP contribution in [-0.2, 0) is 16.1 Å². The van der Waals surface area contributed by atoms with Gasteiger partial charge in [0, 0.05) is 17.2 Å². The second kappa shape index (κ2) is 10.8. The molecule has 0 saturated heterocycles. The molecule has 0 amide bonds. The Labute approximate surface area is 212 Å². The summed E-state index contributed by atoms with van der Waals surface area (Å²) in [6.07, 6.45) is 0. The van der Waals surface area contributed by atoms with E-state index in [1.165, 1.54) is 0 Å². The number of ketones is 1. The van der Waals surface area contributed by atoms with Crippen molar-refractivity contribution in [2.45, 2.75) is 32.9 Å². The SMILES string of the molecule is CCOC(=O)C(C)(C)Oc1cccc(OCCn2c(=O)sc3cc(C(=O)c4ccccc4)ccc32)c1. The highest BCUT2D eigenvalue weighted by molar-refractivity contribution is 7.16. The topological polar surface area (TPSA) is 83.8 Å². The number of carbonyl (C=O) groups is 2. The van der Waals surface area contributed by atoms with Crippen LogP contribution < -0.4 is 14.3 Å². The van der Waals surface area contributed by atoms with Crippen LogP contribution in [0.5, 0.6) is 11.5 Å². The third-order valence-corrected chi connectivity index (χ3v) is 6.44. The molecule has 0 radical (unpaired) electrons. The normalized spacial score (nSPS) is 11.3. The van der Waals surface area contributed by atoms with Crippen LogP contribution >= 0.6 is 11.3 Å². The maximum absolute atomic E-state index is 12.8. The summed E-state index contributed by atoms with van der Waals surface area (Å²) in [5.41, 5.74) is 0.763. The summed E-state index contributed by atoms with van der Waals surface area (Å²) in [4.78, 5) is 37.4. The van der Waals surface area contributed by atoms with Crippen LogP contribution in [0.25, 0.3) is 10.2 Å². The van der Waals surface area contributed by atoms with Gasteiger partial charge in [-0.05, 0) is 51.1 Å². The first-order valence-corrected chi connectivity index (χ1v) is 12.4. The van der Waals surface area contributed by atoms with Crippen molar-refractivity contribution in [2.75, 3.05) is 13.2 Å². The van der Waals surface area contributed by atoms with E-state index in [1.807, 2.05) is 18.2 Å². The Morgan fingerprint density at radius 2 is 1.67 bits per heavy atom. The highest BCUT2D eigenvalue weighted by Gasteiger charge is 2.31. The number of esters is 1. The molecule has 8 heteroatoms. The average Bonchev–Trinajstić information content (AvgIpc) is 3.18. The maximum atomic E-state index is 12.8. The van der Waals surface area contributed by atoms with Crippen molar-refractivity contribution in [3.05, 3.63) is 93.6 Å². The van der Waals surface area contributed by atoms with Crippen LogP contribution in [0.1, 0.15) is 36.7 Å². The number of thiazole rings is 1. The van der Waals surface area contributed by atoms with Gasteiger partial charge in [0.15, 0.2) is 11.4 Å². The number of fused-ring (bicyclic) bond motifs is 1. The Hall–Kier alpha value is -3.91. The third-order valence-electron chi connectivity index (χ3n) is 5.50. The lowest BCUT2D eigenvalue weighted by Gasteiger charge is -2.24. The largest absolute Gasteiger partial charge is 0.492 e. The monoisotopic (exact) mass is 505 g/mol. The number of benzene rings is 3. The minimum Gasteiger partial charge on any atom is -0.492 e. The minimum absolute atomic E-state index is 0.0820. The van der Waals surface area contributed by atoms with E-state index < -0.39 is 11.6 Å². The molecule has 186 valence electrons. The highest BCUT2D eigenvalue weighted by Crippen LogP contribution is 2.25. The van der Waals surface area contributed by atoms with Gasteiger partial charge in [0.05, 0.1) is 23.4 Å². The van der Waals surface area contributed by atoms with Gasteiger partial charge in [0.1, 0.15) is 18.1 Å². The molecule has 0 unspecified atom stereocenters. The maximum Gasteiger partial charge on any atom is 0.349 e. The van der Waals surface area contributed by atoms with E-state index in [9.17, 15) is 14.4 Å². The molecule has 0 N–H and O–H groups in total. The molecule has 0 spiro atoms. The van der Waals surface area contributed by atoms with Crippen LogP contribution in [0.15, 0.2) is 77.6 Å². The van der Waals surface area contributed by atoms with Crippen LogP contribution in [0.3, 0.4) is 0 Å². The van der Waals surface area contributed by atoms with Crippen LogP contribution in [0.4, 0.5) is 0 Å². The van der Waals surface area contributed by atoms with Crippen molar-refractivity contribution in [1.82, 2.24) is 4.57 Å². The van der Waals surface area contributed by atoms with Gasteiger partial charge in [0.2, 0.25) is 0 Å². The number of hydrogen-bond acceptors (Lipinski definition) is 7. The molecule has 0 bridgehead atoms. The lowest BCUT2D eigenvalue weighted by atomic mass is 10.0. The van der Waals surface area contributed by atoms with Crippen molar-refractivity contribution in [2.24, 2.45) is 0 Å². The highest BCUT2D eigenvalue weighted by atomic mass is 32.1. The summed E-state index contributed by atoms with van der Waals surface area (Å²) in [6, 6.07) is 21.3. The molecule has 0 aliphatic rings. The minimum atomic E-state index is -1.14. The number of carbonyl (C=O) groups excluding carboxylic acids is 2. The molecule has 0 fully saturated rings. The van der Waals surface area contributed by atoms with Gasteiger partial charge >= 0.3 is 10.8 Å². The van der Waals surface area contributed by atoms with E-state index in [2.05, 4.69) is 0 Å². The predicted octanol–water partition coefficient (Wildman–Crippen LogP) is 5.09. The Kier molecular flexibility index (Phi) is 7.55. The molecule has 4 aromatic rings. The predicted molar refractivity (Wildman–Crippen MR) is 139 cm³/mol. The lowest BCUT2D eigenvalue weighted by molar-refractivity contribution is -0.158. The number of ether oxygens (including phenoxy) is 3. The van der Waals surface area contributed by atoms with E-state index in [-0.39, 0.29) is 23.9 Å².